The first-order chi connectivity index (χ1) is 10.4. The first kappa shape index (κ1) is 15.6. The minimum Gasteiger partial charge on any atom is -0.508 e. The number of hydrogen-bond acceptors (Lipinski definition) is 5. The fraction of sp³-hybridized carbons (Fsp3) is 0.267. The minimum atomic E-state index is -0.675. The van der Waals surface area contributed by atoms with Crippen LogP contribution in [0.3, 0.4) is 0 Å². The molecular formula is C15H17N3O4. The predicted molar refractivity (Wildman–Crippen MR) is 79.7 cm³/mol. The molecule has 1 heterocycles. The largest absolute Gasteiger partial charge is 0.508 e. The Morgan fingerprint density at radius 1 is 1.36 bits per heavy atom. The number of amides is 1. The molecule has 0 fully saturated rings. The molecule has 0 spiro atoms. The van der Waals surface area contributed by atoms with E-state index in [1.165, 1.54) is 24.3 Å². The lowest BCUT2D eigenvalue weighted by Crippen LogP contribution is -2.21. The van der Waals surface area contributed by atoms with Crippen molar-refractivity contribution in [1.82, 2.24) is 9.78 Å². The third-order valence-electron chi connectivity index (χ3n) is 3.19. The summed E-state index contributed by atoms with van der Waals surface area (Å²) >= 11 is 0. The van der Waals surface area contributed by atoms with Crippen LogP contribution >= 0.6 is 0 Å². The second-order valence-electron chi connectivity index (χ2n) is 4.84. The number of ether oxygens (including phenoxy) is 1. The first-order valence-electron chi connectivity index (χ1n) is 6.64. The summed E-state index contributed by atoms with van der Waals surface area (Å²) in [6.45, 7) is 3.19. The van der Waals surface area contributed by atoms with Crippen LogP contribution in [-0.2, 0) is 16.6 Å². The van der Waals surface area contributed by atoms with Crippen LogP contribution in [0.5, 0.6) is 5.75 Å². The fourth-order valence-corrected chi connectivity index (χ4v) is 1.98. The van der Waals surface area contributed by atoms with Crippen molar-refractivity contribution in [2.45, 2.75) is 13.8 Å². The lowest BCUT2D eigenvalue weighted by molar-refractivity contribution is -0.119. The number of aromatic hydroxyl groups is 1. The highest BCUT2D eigenvalue weighted by Crippen LogP contribution is 2.18. The molecule has 2 rings (SSSR count). The van der Waals surface area contributed by atoms with Gasteiger partial charge in [0.25, 0.3) is 5.91 Å². The molecule has 0 bridgehead atoms. The van der Waals surface area contributed by atoms with Crippen molar-refractivity contribution in [1.29, 1.82) is 0 Å². The zero-order valence-corrected chi connectivity index (χ0v) is 12.6. The maximum absolute atomic E-state index is 11.9. The molecule has 0 radical (unpaired) electrons. The summed E-state index contributed by atoms with van der Waals surface area (Å²) in [4.78, 5) is 23.6. The molecule has 1 aromatic heterocycles. The van der Waals surface area contributed by atoms with E-state index in [1.807, 2.05) is 6.92 Å². The summed E-state index contributed by atoms with van der Waals surface area (Å²) in [5, 5.41) is 16.2. The van der Waals surface area contributed by atoms with Crippen molar-refractivity contribution in [3.8, 4) is 5.75 Å². The Bertz CT molecular complexity index is 722. The SMILES string of the molecule is Cc1nn(C)c(C)c1NC(=O)COC(=O)c1cccc(O)c1. The average Bonchev–Trinajstić information content (AvgIpc) is 2.71. The Hall–Kier alpha value is -2.83. The second-order valence-corrected chi connectivity index (χ2v) is 4.84. The lowest BCUT2D eigenvalue weighted by atomic mass is 10.2. The quantitative estimate of drug-likeness (QED) is 0.836. The number of phenolic OH excluding ortho intramolecular Hbond substituents is 1. The standard InChI is InChI=1S/C15H17N3O4/c1-9-14(10(2)18(3)17-9)16-13(20)8-22-15(21)11-5-4-6-12(19)7-11/h4-7,19H,8H2,1-3H3,(H,16,20). The topological polar surface area (TPSA) is 93.5 Å². The Kier molecular flexibility index (Phi) is 4.45. The van der Waals surface area contributed by atoms with Gasteiger partial charge in [-0.3, -0.25) is 9.48 Å². The van der Waals surface area contributed by atoms with Crippen molar-refractivity contribution in [2.24, 2.45) is 7.05 Å². The van der Waals surface area contributed by atoms with Gasteiger partial charge in [0.05, 0.1) is 22.6 Å². The summed E-state index contributed by atoms with van der Waals surface area (Å²) in [5.41, 5.74) is 2.29. The number of hydrogen-bond donors (Lipinski definition) is 2. The van der Waals surface area contributed by atoms with Crippen LogP contribution in [0.2, 0.25) is 0 Å². The molecule has 0 saturated carbocycles. The van der Waals surface area contributed by atoms with Gasteiger partial charge in [-0.05, 0) is 32.0 Å². The Morgan fingerprint density at radius 3 is 2.68 bits per heavy atom. The smallest absolute Gasteiger partial charge is 0.338 e. The maximum Gasteiger partial charge on any atom is 0.338 e. The van der Waals surface area contributed by atoms with Gasteiger partial charge in [0, 0.05) is 7.05 Å². The van der Waals surface area contributed by atoms with Crippen molar-refractivity contribution in [3.63, 3.8) is 0 Å². The van der Waals surface area contributed by atoms with Gasteiger partial charge in [-0.25, -0.2) is 4.79 Å². The molecule has 0 aliphatic carbocycles. The van der Waals surface area contributed by atoms with Gasteiger partial charge < -0.3 is 15.2 Å². The average molecular weight is 303 g/mol. The molecule has 2 N–H and O–H groups in total. The molecule has 0 aliphatic rings. The molecule has 0 unspecified atom stereocenters. The van der Waals surface area contributed by atoms with Crippen molar-refractivity contribution < 1.29 is 19.4 Å². The molecular weight excluding hydrogens is 286 g/mol. The highest BCUT2D eigenvalue weighted by atomic mass is 16.5. The summed E-state index contributed by atoms with van der Waals surface area (Å²) < 4.78 is 6.57. The number of nitrogens with zero attached hydrogens (tertiary/aromatic N) is 2. The van der Waals surface area contributed by atoms with E-state index in [2.05, 4.69) is 10.4 Å². The summed E-state index contributed by atoms with van der Waals surface area (Å²) in [5.74, 6) is -1.17. The van der Waals surface area contributed by atoms with E-state index in [4.69, 9.17) is 4.74 Å². The van der Waals surface area contributed by atoms with Gasteiger partial charge in [-0.2, -0.15) is 5.10 Å². The second kappa shape index (κ2) is 6.30. The van der Waals surface area contributed by atoms with Crippen molar-refractivity contribution in [3.05, 3.63) is 41.2 Å². The Morgan fingerprint density at radius 2 is 2.09 bits per heavy atom. The molecule has 7 heteroatoms. The Labute approximate surface area is 127 Å². The fourth-order valence-electron chi connectivity index (χ4n) is 1.98. The highest BCUT2D eigenvalue weighted by molar-refractivity contribution is 5.96. The monoisotopic (exact) mass is 303 g/mol. The highest BCUT2D eigenvalue weighted by Gasteiger charge is 2.15. The predicted octanol–water partition coefficient (Wildman–Crippen LogP) is 1.54. The zero-order valence-electron chi connectivity index (χ0n) is 12.6. The van der Waals surface area contributed by atoms with Gasteiger partial charge in [0.2, 0.25) is 0 Å². The van der Waals surface area contributed by atoms with Crippen LogP contribution in [0, 0.1) is 13.8 Å². The molecule has 1 aromatic carbocycles. The number of phenols is 1. The van der Waals surface area contributed by atoms with E-state index < -0.39 is 18.5 Å². The number of carbonyl (C=O) groups excluding carboxylic acids is 2. The molecule has 0 atom stereocenters. The molecule has 1 amide bonds. The molecule has 2 aromatic rings. The van der Waals surface area contributed by atoms with E-state index >= 15 is 0 Å². The number of esters is 1. The number of carbonyl (C=O) groups is 2. The summed E-state index contributed by atoms with van der Waals surface area (Å²) in [6, 6.07) is 5.73. The van der Waals surface area contributed by atoms with Gasteiger partial charge in [-0.15, -0.1) is 0 Å². The third-order valence-corrected chi connectivity index (χ3v) is 3.19. The number of anilines is 1. The molecule has 0 aliphatic heterocycles. The van der Waals surface area contributed by atoms with Crippen LogP contribution in [0.15, 0.2) is 24.3 Å². The van der Waals surface area contributed by atoms with Gasteiger partial charge in [-0.1, -0.05) is 6.07 Å². The van der Waals surface area contributed by atoms with E-state index in [-0.39, 0.29) is 11.3 Å². The van der Waals surface area contributed by atoms with Gasteiger partial charge in [0.15, 0.2) is 6.61 Å². The minimum absolute atomic E-state index is 0.0412. The summed E-state index contributed by atoms with van der Waals surface area (Å²) in [6.07, 6.45) is 0. The first-order valence-corrected chi connectivity index (χ1v) is 6.64. The van der Waals surface area contributed by atoms with Crippen LogP contribution in [0.4, 0.5) is 5.69 Å². The van der Waals surface area contributed by atoms with Crippen molar-refractivity contribution in [2.75, 3.05) is 11.9 Å². The molecule has 7 nitrogen and oxygen atoms in total. The van der Waals surface area contributed by atoms with Crippen LogP contribution in [0.25, 0.3) is 0 Å². The molecule has 22 heavy (non-hydrogen) atoms. The maximum atomic E-state index is 11.9. The number of benzene rings is 1. The normalized spacial score (nSPS) is 10.3. The molecule has 116 valence electrons. The van der Waals surface area contributed by atoms with E-state index in [9.17, 15) is 14.7 Å². The number of aromatic nitrogens is 2. The van der Waals surface area contributed by atoms with E-state index in [0.717, 1.165) is 5.69 Å². The number of rotatable bonds is 4. The summed E-state index contributed by atoms with van der Waals surface area (Å²) in [7, 11) is 1.78. The van der Waals surface area contributed by atoms with Gasteiger partial charge >= 0.3 is 5.97 Å². The number of nitrogens with one attached hydrogen (secondary N) is 1. The zero-order chi connectivity index (χ0) is 16.3. The van der Waals surface area contributed by atoms with Crippen LogP contribution < -0.4 is 5.32 Å². The van der Waals surface area contributed by atoms with Crippen LogP contribution in [-0.4, -0.2) is 33.4 Å². The lowest BCUT2D eigenvalue weighted by Gasteiger charge is -2.07. The van der Waals surface area contributed by atoms with Crippen molar-refractivity contribution >= 4 is 17.6 Å². The number of aryl methyl sites for hydroxylation is 2. The molecule has 0 saturated heterocycles. The van der Waals surface area contributed by atoms with Crippen LogP contribution in [0.1, 0.15) is 21.7 Å². The Balaban J connectivity index is 1.94. The third kappa shape index (κ3) is 3.43. The van der Waals surface area contributed by atoms with E-state index in [1.54, 1.807) is 18.7 Å². The van der Waals surface area contributed by atoms with Gasteiger partial charge in [0.1, 0.15) is 5.75 Å². The van der Waals surface area contributed by atoms with E-state index in [0.29, 0.717) is 11.4 Å².